The van der Waals surface area contributed by atoms with E-state index in [0.717, 1.165) is 6.42 Å². The Bertz CT molecular complexity index is 407. The van der Waals surface area contributed by atoms with Gasteiger partial charge in [0.05, 0.1) is 5.92 Å². The summed E-state index contributed by atoms with van der Waals surface area (Å²) in [6.45, 7) is 4.15. The van der Waals surface area contributed by atoms with Crippen molar-refractivity contribution in [2.75, 3.05) is 0 Å². The topological polar surface area (TPSA) is 17.1 Å². The molecule has 1 saturated carbocycles. The van der Waals surface area contributed by atoms with Gasteiger partial charge in [-0.05, 0) is 17.6 Å². The molecule has 2 bridgehead atoms. The van der Waals surface area contributed by atoms with Gasteiger partial charge in [0.25, 0.3) is 0 Å². The molecule has 0 aromatic rings. The van der Waals surface area contributed by atoms with Crippen molar-refractivity contribution in [2.24, 2.45) is 17.3 Å². The molecular formula is C13H14O. The first-order valence-corrected chi connectivity index (χ1v) is 5.25. The number of carbonyl (C=O) groups excluding carboxylic acids is 1. The minimum Gasteiger partial charge on any atom is -0.298 e. The van der Waals surface area contributed by atoms with Gasteiger partial charge in [-0.15, -0.1) is 0 Å². The van der Waals surface area contributed by atoms with Gasteiger partial charge in [-0.1, -0.05) is 38.2 Å². The van der Waals surface area contributed by atoms with Gasteiger partial charge in [-0.2, -0.15) is 0 Å². The van der Waals surface area contributed by atoms with Gasteiger partial charge < -0.3 is 0 Å². The minimum atomic E-state index is -0.188. The molecule has 0 spiro atoms. The zero-order chi connectivity index (χ0) is 9.92. The molecule has 14 heavy (non-hydrogen) atoms. The van der Waals surface area contributed by atoms with Crippen molar-refractivity contribution >= 4 is 5.78 Å². The average molecular weight is 186 g/mol. The largest absolute Gasteiger partial charge is 0.298 e. The molecule has 0 N–H and O–H groups in total. The van der Waals surface area contributed by atoms with Gasteiger partial charge in [0.1, 0.15) is 0 Å². The average Bonchev–Trinajstić information content (AvgIpc) is 2.61. The summed E-state index contributed by atoms with van der Waals surface area (Å²) in [5, 5.41) is 0. The lowest BCUT2D eigenvalue weighted by molar-refractivity contribution is -0.131. The molecule has 0 aromatic heterocycles. The molecule has 2 atom stereocenters. The lowest BCUT2D eigenvalue weighted by Crippen LogP contribution is -2.45. The van der Waals surface area contributed by atoms with E-state index in [1.54, 1.807) is 0 Å². The predicted octanol–water partition coefficient (Wildman–Crippen LogP) is 2.65. The molecular weight excluding hydrogens is 172 g/mol. The van der Waals surface area contributed by atoms with Gasteiger partial charge in [0.2, 0.25) is 0 Å². The van der Waals surface area contributed by atoms with E-state index in [4.69, 9.17) is 0 Å². The van der Waals surface area contributed by atoms with Crippen LogP contribution < -0.4 is 0 Å². The lowest BCUT2D eigenvalue weighted by atomic mass is 9.57. The summed E-state index contributed by atoms with van der Waals surface area (Å²) in [6.07, 6.45) is 9.82. The van der Waals surface area contributed by atoms with Crippen molar-refractivity contribution in [2.45, 2.75) is 20.3 Å². The van der Waals surface area contributed by atoms with E-state index in [1.807, 2.05) is 0 Å². The third kappa shape index (κ3) is 0.742. The van der Waals surface area contributed by atoms with Crippen LogP contribution in [0.25, 0.3) is 0 Å². The third-order valence-corrected chi connectivity index (χ3v) is 3.87. The van der Waals surface area contributed by atoms with E-state index in [9.17, 15) is 4.79 Å². The molecule has 0 amide bonds. The normalized spacial score (nSPS) is 36.9. The smallest absolute Gasteiger partial charge is 0.150 e. The van der Waals surface area contributed by atoms with Crippen LogP contribution in [-0.2, 0) is 4.79 Å². The number of allylic oxidation sites excluding steroid dienone is 6. The minimum absolute atomic E-state index is 0.0590. The Morgan fingerprint density at radius 2 is 1.93 bits per heavy atom. The van der Waals surface area contributed by atoms with Gasteiger partial charge >= 0.3 is 0 Å². The van der Waals surface area contributed by atoms with Gasteiger partial charge in [-0.3, -0.25) is 4.79 Å². The standard InChI is InChI=1S/C13H14O/c1-13(2)11-7-6-10(12(13)14)8-4-3-5-9(8)11/h4-7,10-11H,3H2,1-2H3/t10-,11+/m0/s1. The van der Waals surface area contributed by atoms with E-state index >= 15 is 0 Å². The van der Waals surface area contributed by atoms with Crippen LogP contribution in [0, 0.1) is 17.3 Å². The first-order valence-electron chi connectivity index (χ1n) is 5.25. The van der Waals surface area contributed by atoms with Crippen LogP contribution in [-0.4, -0.2) is 5.78 Å². The SMILES string of the molecule is CC1(C)C(=O)[C@H]2C=C[C@@H]1C1=CCC=C12. The van der Waals surface area contributed by atoms with Crippen LogP contribution in [0.3, 0.4) is 0 Å². The van der Waals surface area contributed by atoms with Crippen LogP contribution in [0.1, 0.15) is 20.3 Å². The van der Waals surface area contributed by atoms with Crippen LogP contribution in [0.5, 0.6) is 0 Å². The predicted molar refractivity (Wildman–Crippen MR) is 55.7 cm³/mol. The van der Waals surface area contributed by atoms with Gasteiger partial charge in [0, 0.05) is 11.3 Å². The highest BCUT2D eigenvalue weighted by molar-refractivity contribution is 5.96. The van der Waals surface area contributed by atoms with Crippen molar-refractivity contribution in [3.8, 4) is 0 Å². The number of carbonyl (C=O) groups is 1. The number of hydrogen-bond donors (Lipinski definition) is 0. The molecule has 0 aromatic carbocycles. The molecule has 4 aliphatic rings. The fraction of sp³-hybridized carbons (Fsp3) is 0.462. The molecule has 72 valence electrons. The van der Waals surface area contributed by atoms with Crippen LogP contribution in [0.2, 0.25) is 0 Å². The fourth-order valence-corrected chi connectivity index (χ4v) is 3.00. The molecule has 0 unspecified atom stereocenters. The molecule has 4 rings (SSSR count). The van der Waals surface area contributed by atoms with Crippen molar-refractivity contribution in [1.29, 1.82) is 0 Å². The Morgan fingerprint density at radius 3 is 2.71 bits per heavy atom. The maximum atomic E-state index is 12.1. The van der Waals surface area contributed by atoms with E-state index in [2.05, 4.69) is 38.2 Å². The number of Topliss-reactive ketones (excluding diaryl/α,β-unsaturated/α-hetero) is 1. The van der Waals surface area contributed by atoms with E-state index in [0.29, 0.717) is 11.7 Å². The van der Waals surface area contributed by atoms with E-state index < -0.39 is 0 Å². The zero-order valence-electron chi connectivity index (χ0n) is 8.58. The Hall–Kier alpha value is -1.11. The van der Waals surface area contributed by atoms with Crippen molar-refractivity contribution in [3.63, 3.8) is 0 Å². The van der Waals surface area contributed by atoms with Crippen LogP contribution >= 0.6 is 0 Å². The Labute approximate surface area is 84.2 Å². The Morgan fingerprint density at radius 1 is 1.21 bits per heavy atom. The highest BCUT2D eigenvalue weighted by atomic mass is 16.1. The number of fused-ring (bicyclic) bond motifs is 1. The molecule has 0 radical (unpaired) electrons. The lowest BCUT2D eigenvalue weighted by Gasteiger charge is -2.45. The van der Waals surface area contributed by atoms with Crippen molar-refractivity contribution in [1.82, 2.24) is 0 Å². The van der Waals surface area contributed by atoms with E-state index in [1.165, 1.54) is 11.1 Å². The monoisotopic (exact) mass is 186 g/mol. The summed E-state index contributed by atoms with van der Waals surface area (Å²) in [5.41, 5.74) is 2.52. The summed E-state index contributed by atoms with van der Waals surface area (Å²) in [6, 6.07) is 0. The molecule has 1 nitrogen and oxygen atoms in total. The first kappa shape index (κ1) is 8.22. The second kappa shape index (κ2) is 2.28. The summed E-state index contributed by atoms with van der Waals surface area (Å²) >= 11 is 0. The molecule has 1 fully saturated rings. The van der Waals surface area contributed by atoms with E-state index in [-0.39, 0.29) is 11.3 Å². The molecule has 0 heterocycles. The summed E-state index contributed by atoms with van der Waals surface area (Å²) in [7, 11) is 0. The molecule has 4 aliphatic carbocycles. The second-order valence-corrected chi connectivity index (χ2v) is 4.98. The highest BCUT2D eigenvalue weighted by Gasteiger charge is 2.50. The van der Waals surface area contributed by atoms with Gasteiger partial charge in [0.15, 0.2) is 5.78 Å². The van der Waals surface area contributed by atoms with Crippen LogP contribution in [0.4, 0.5) is 0 Å². The number of ketones is 1. The zero-order valence-corrected chi connectivity index (χ0v) is 8.58. The number of rotatable bonds is 0. The maximum absolute atomic E-state index is 12.1. The second-order valence-electron chi connectivity index (χ2n) is 4.98. The fourth-order valence-electron chi connectivity index (χ4n) is 3.00. The van der Waals surface area contributed by atoms with Crippen LogP contribution in [0.15, 0.2) is 35.5 Å². The first-order chi connectivity index (χ1) is 6.62. The highest BCUT2D eigenvalue weighted by Crippen LogP contribution is 2.53. The third-order valence-electron chi connectivity index (χ3n) is 3.87. The summed E-state index contributed by atoms with van der Waals surface area (Å²) in [4.78, 5) is 12.1. The summed E-state index contributed by atoms with van der Waals surface area (Å²) in [5.74, 6) is 0.785. The summed E-state index contributed by atoms with van der Waals surface area (Å²) < 4.78 is 0. The number of hydrogen-bond acceptors (Lipinski definition) is 1. The Kier molecular flexibility index (Phi) is 1.34. The Balaban J connectivity index is 2.23. The molecule has 1 heteroatoms. The van der Waals surface area contributed by atoms with Crippen molar-refractivity contribution in [3.05, 3.63) is 35.5 Å². The van der Waals surface area contributed by atoms with Gasteiger partial charge in [-0.25, -0.2) is 0 Å². The maximum Gasteiger partial charge on any atom is 0.150 e. The molecule has 0 saturated heterocycles. The molecule has 0 aliphatic heterocycles. The van der Waals surface area contributed by atoms with Crippen molar-refractivity contribution < 1.29 is 4.79 Å². The quantitative estimate of drug-likeness (QED) is 0.531.